The molecular formula is C11H22N2O. The van der Waals surface area contributed by atoms with E-state index < -0.39 is 0 Å². The van der Waals surface area contributed by atoms with Gasteiger partial charge < -0.3 is 10.8 Å². The summed E-state index contributed by atoms with van der Waals surface area (Å²) in [7, 11) is 0. The van der Waals surface area contributed by atoms with E-state index in [9.17, 15) is 5.11 Å². The Morgan fingerprint density at radius 2 is 1.93 bits per heavy atom. The number of hydrogen-bond acceptors (Lipinski definition) is 3. The first-order valence-electron chi connectivity index (χ1n) is 5.97. The van der Waals surface area contributed by atoms with E-state index in [1.165, 1.54) is 25.7 Å². The van der Waals surface area contributed by atoms with Gasteiger partial charge in [-0.2, -0.15) is 0 Å². The molecule has 2 fully saturated rings. The lowest BCUT2D eigenvalue weighted by atomic mass is 9.91. The Kier molecular flexibility index (Phi) is 3.42. The summed E-state index contributed by atoms with van der Waals surface area (Å²) in [6.07, 6.45) is 6.99. The second-order valence-corrected chi connectivity index (χ2v) is 4.69. The summed E-state index contributed by atoms with van der Waals surface area (Å²) >= 11 is 0. The summed E-state index contributed by atoms with van der Waals surface area (Å²) in [5.41, 5.74) is 5.75. The highest BCUT2D eigenvalue weighted by molar-refractivity contribution is 4.90. The van der Waals surface area contributed by atoms with Gasteiger partial charge in [-0.3, -0.25) is 4.90 Å². The fourth-order valence-corrected chi connectivity index (χ4v) is 3.03. The summed E-state index contributed by atoms with van der Waals surface area (Å²) in [4.78, 5) is 2.46. The molecule has 0 spiro atoms. The highest BCUT2D eigenvalue weighted by Gasteiger charge is 2.34. The molecule has 2 aliphatic rings. The highest BCUT2D eigenvalue weighted by atomic mass is 16.3. The average molecular weight is 198 g/mol. The molecule has 3 heteroatoms. The standard InChI is InChI=1S/C11H22N2O/c12-8-9-4-3-7-13(9)10-5-1-2-6-11(10)14/h9-11,14H,1-8,12H2. The molecule has 3 atom stereocenters. The topological polar surface area (TPSA) is 49.5 Å². The minimum atomic E-state index is -0.101. The Morgan fingerprint density at radius 1 is 1.14 bits per heavy atom. The van der Waals surface area contributed by atoms with Crippen LogP contribution in [0.2, 0.25) is 0 Å². The molecule has 3 nitrogen and oxygen atoms in total. The Morgan fingerprint density at radius 3 is 2.64 bits per heavy atom. The maximum atomic E-state index is 9.96. The van der Waals surface area contributed by atoms with Gasteiger partial charge in [0.25, 0.3) is 0 Å². The number of rotatable bonds is 2. The van der Waals surface area contributed by atoms with Crippen molar-refractivity contribution in [1.29, 1.82) is 0 Å². The molecule has 1 heterocycles. The van der Waals surface area contributed by atoms with Crippen molar-refractivity contribution in [2.75, 3.05) is 13.1 Å². The zero-order valence-electron chi connectivity index (χ0n) is 8.86. The Bertz CT molecular complexity index is 186. The molecule has 2 rings (SSSR count). The lowest BCUT2D eigenvalue weighted by molar-refractivity contribution is 0.0150. The molecule has 3 unspecified atom stereocenters. The summed E-state index contributed by atoms with van der Waals surface area (Å²) in [5, 5.41) is 9.96. The third-order valence-corrected chi connectivity index (χ3v) is 3.81. The van der Waals surface area contributed by atoms with Crippen molar-refractivity contribution in [3.63, 3.8) is 0 Å². The number of aliphatic hydroxyl groups is 1. The van der Waals surface area contributed by atoms with E-state index in [2.05, 4.69) is 4.90 Å². The summed E-state index contributed by atoms with van der Waals surface area (Å²) in [6, 6.07) is 0.938. The molecule has 0 aromatic heterocycles. The fraction of sp³-hybridized carbons (Fsp3) is 1.00. The van der Waals surface area contributed by atoms with E-state index in [1.54, 1.807) is 0 Å². The smallest absolute Gasteiger partial charge is 0.0695 e. The Labute approximate surface area is 86.3 Å². The van der Waals surface area contributed by atoms with Crippen LogP contribution in [0.3, 0.4) is 0 Å². The van der Waals surface area contributed by atoms with Crippen LogP contribution in [-0.2, 0) is 0 Å². The molecule has 0 aromatic carbocycles. The van der Waals surface area contributed by atoms with Crippen molar-refractivity contribution in [3.8, 4) is 0 Å². The number of nitrogens with two attached hydrogens (primary N) is 1. The summed E-state index contributed by atoms with van der Waals surface area (Å²) < 4.78 is 0. The van der Waals surface area contributed by atoms with E-state index in [0.717, 1.165) is 25.9 Å². The number of aliphatic hydroxyl groups excluding tert-OH is 1. The minimum Gasteiger partial charge on any atom is -0.391 e. The molecule has 0 radical (unpaired) electrons. The predicted octanol–water partition coefficient (Wildman–Crippen LogP) is 0.713. The largest absolute Gasteiger partial charge is 0.391 e. The third kappa shape index (κ3) is 1.95. The molecule has 1 aliphatic carbocycles. The SMILES string of the molecule is NCC1CCCN1C1CCCCC1O. The monoisotopic (exact) mass is 198 g/mol. The van der Waals surface area contributed by atoms with E-state index in [0.29, 0.717) is 12.1 Å². The number of likely N-dealkylation sites (tertiary alicyclic amines) is 1. The molecule has 1 saturated carbocycles. The van der Waals surface area contributed by atoms with Crippen LogP contribution >= 0.6 is 0 Å². The first-order chi connectivity index (χ1) is 6.83. The average Bonchev–Trinajstić information content (AvgIpc) is 2.66. The van der Waals surface area contributed by atoms with Gasteiger partial charge in [-0.25, -0.2) is 0 Å². The van der Waals surface area contributed by atoms with Crippen LogP contribution in [0.4, 0.5) is 0 Å². The van der Waals surface area contributed by atoms with Crippen molar-refractivity contribution in [2.24, 2.45) is 5.73 Å². The van der Waals surface area contributed by atoms with Gasteiger partial charge in [0.15, 0.2) is 0 Å². The third-order valence-electron chi connectivity index (χ3n) is 3.81. The van der Waals surface area contributed by atoms with Crippen LogP contribution in [0.25, 0.3) is 0 Å². The van der Waals surface area contributed by atoms with Crippen molar-refractivity contribution < 1.29 is 5.11 Å². The molecule has 0 amide bonds. The maximum absolute atomic E-state index is 9.96. The second-order valence-electron chi connectivity index (χ2n) is 4.69. The van der Waals surface area contributed by atoms with Crippen molar-refractivity contribution in [1.82, 2.24) is 4.90 Å². The molecule has 1 saturated heterocycles. The van der Waals surface area contributed by atoms with Gasteiger partial charge in [-0.05, 0) is 32.2 Å². The fourth-order valence-electron chi connectivity index (χ4n) is 3.03. The van der Waals surface area contributed by atoms with Crippen molar-refractivity contribution >= 4 is 0 Å². The van der Waals surface area contributed by atoms with Gasteiger partial charge in [0.2, 0.25) is 0 Å². The zero-order valence-corrected chi connectivity index (χ0v) is 8.86. The zero-order chi connectivity index (χ0) is 9.97. The molecule has 3 N–H and O–H groups in total. The quantitative estimate of drug-likeness (QED) is 0.687. The maximum Gasteiger partial charge on any atom is 0.0695 e. The van der Waals surface area contributed by atoms with Crippen molar-refractivity contribution in [2.45, 2.75) is 56.7 Å². The second kappa shape index (κ2) is 4.60. The van der Waals surface area contributed by atoms with Gasteiger partial charge >= 0.3 is 0 Å². The number of nitrogens with zero attached hydrogens (tertiary/aromatic N) is 1. The first-order valence-corrected chi connectivity index (χ1v) is 5.97. The van der Waals surface area contributed by atoms with Gasteiger partial charge in [0.1, 0.15) is 0 Å². The van der Waals surface area contributed by atoms with Crippen LogP contribution in [-0.4, -0.2) is 41.3 Å². The minimum absolute atomic E-state index is 0.101. The van der Waals surface area contributed by atoms with E-state index in [4.69, 9.17) is 5.73 Å². The van der Waals surface area contributed by atoms with Gasteiger partial charge in [0, 0.05) is 18.6 Å². The van der Waals surface area contributed by atoms with E-state index in [-0.39, 0.29) is 6.10 Å². The predicted molar refractivity (Wildman–Crippen MR) is 57.0 cm³/mol. The van der Waals surface area contributed by atoms with Crippen LogP contribution < -0.4 is 5.73 Å². The number of hydrogen-bond donors (Lipinski definition) is 2. The van der Waals surface area contributed by atoms with E-state index in [1.807, 2.05) is 0 Å². The molecule has 0 aromatic rings. The van der Waals surface area contributed by atoms with Crippen LogP contribution in [0.5, 0.6) is 0 Å². The Hall–Kier alpha value is -0.120. The molecule has 82 valence electrons. The van der Waals surface area contributed by atoms with E-state index >= 15 is 0 Å². The molecule has 0 bridgehead atoms. The highest BCUT2D eigenvalue weighted by Crippen LogP contribution is 2.28. The summed E-state index contributed by atoms with van der Waals surface area (Å²) in [5.74, 6) is 0. The molecular weight excluding hydrogens is 176 g/mol. The van der Waals surface area contributed by atoms with Crippen LogP contribution in [0.1, 0.15) is 38.5 Å². The Balaban J connectivity index is 1.97. The lowest BCUT2D eigenvalue weighted by Crippen LogP contribution is -2.49. The van der Waals surface area contributed by atoms with Gasteiger partial charge in [-0.15, -0.1) is 0 Å². The first kappa shape index (κ1) is 10.4. The van der Waals surface area contributed by atoms with Crippen LogP contribution in [0.15, 0.2) is 0 Å². The van der Waals surface area contributed by atoms with Crippen LogP contribution in [0, 0.1) is 0 Å². The summed E-state index contributed by atoms with van der Waals surface area (Å²) in [6.45, 7) is 1.90. The lowest BCUT2D eigenvalue weighted by Gasteiger charge is -2.38. The van der Waals surface area contributed by atoms with Gasteiger partial charge in [0.05, 0.1) is 6.10 Å². The molecule has 14 heavy (non-hydrogen) atoms. The van der Waals surface area contributed by atoms with Gasteiger partial charge in [-0.1, -0.05) is 12.8 Å². The normalized spacial score (nSPS) is 40.3. The molecule has 1 aliphatic heterocycles. The van der Waals surface area contributed by atoms with Crippen molar-refractivity contribution in [3.05, 3.63) is 0 Å².